The highest BCUT2D eigenvalue weighted by Gasteiger charge is 2.39. The number of amides is 1. The molecule has 1 aliphatic rings. The quantitative estimate of drug-likeness (QED) is 0.477. The molecule has 0 aromatic rings. The van der Waals surface area contributed by atoms with Crippen molar-refractivity contribution in [2.45, 2.75) is 43.9 Å². The monoisotopic (exact) mass is 260 g/mol. The third-order valence-corrected chi connectivity index (χ3v) is 3.23. The van der Waals surface area contributed by atoms with Crippen molar-refractivity contribution in [3.05, 3.63) is 0 Å². The number of carboxylic acids is 1. The molecule has 1 saturated heterocycles. The van der Waals surface area contributed by atoms with Crippen LogP contribution in [0.15, 0.2) is 0 Å². The van der Waals surface area contributed by atoms with E-state index in [0.29, 0.717) is 13.0 Å². The Morgan fingerprint density at radius 3 is 2.78 bits per heavy atom. The molecule has 5 N–H and O–H groups in total. The predicted octanol–water partition coefficient (Wildman–Crippen LogP) is -1.17. The second-order valence-electron chi connectivity index (χ2n) is 4.62. The van der Waals surface area contributed by atoms with Gasteiger partial charge >= 0.3 is 5.97 Å². The average Bonchev–Trinajstić information content (AvgIpc) is 2.64. The highest BCUT2D eigenvalue weighted by Crippen LogP contribution is 2.24. The molecule has 0 radical (unpaired) electrons. The summed E-state index contributed by atoms with van der Waals surface area (Å²) < 4.78 is 5.23. The van der Waals surface area contributed by atoms with Gasteiger partial charge in [0.15, 0.2) is 0 Å². The summed E-state index contributed by atoms with van der Waals surface area (Å²) in [6.45, 7) is 2.26. The fourth-order valence-corrected chi connectivity index (χ4v) is 1.78. The van der Waals surface area contributed by atoms with Crippen LogP contribution in [0.5, 0.6) is 0 Å². The molecule has 3 unspecified atom stereocenters. The number of rotatable bonds is 6. The predicted molar refractivity (Wildman–Crippen MR) is 62.8 cm³/mol. The summed E-state index contributed by atoms with van der Waals surface area (Å²) in [6.07, 6.45) is 0.0380. The summed E-state index contributed by atoms with van der Waals surface area (Å²) in [7, 11) is 0. The normalized spacial score (nSPS) is 28.9. The summed E-state index contributed by atoms with van der Waals surface area (Å²) in [6, 6.07) is -0.873. The van der Waals surface area contributed by atoms with Gasteiger partial charge in [-0.1, -0.05) is 0 Å². The van der Waals surface area contributed by atoms with Gasteiger partial charge in [0.1, 0.15) is 5.60 Å². The van der Waals surface area contributed by atoms with E-state index in [-0.39, 0.29) is 25.5 Å². The van der Waals surface area contributed by atoms with Crippen LogP contribution in [0.25, 0.3) is 0 Å². The molecule has 104 valence electrons. The first-order valence-electron chi connectivity index (χ1n) is 5.94. The number of aliphatic carboxylic acids is 1. The van der Waals surface area contributed by atoms with E-state index in [9.17, 15) is 14.7 Å². The Morgan fingerprint density at radius 2 is 2.28 bits per heavy atom. The van der Waals surface area contributed by atoms with Gasteiger partial charge < -0.3 is 26.0 Å². The van der Waals surface area contributed by atoms with Crippen molar-refractivity contribution in [1.29, 1.82) is 0 Å². The van der Waals surface area contributed by atoms with Gasteiger partial charge in [-0.05, 0) is 13.3 Å². The summed E-state index contributed by atoms with van der Waals surface area (Å²) in [4.78, 5) is 21.9. The number of aliphatic hydroxyl groups is 1. The average molecular weight is 260 g/mol. The molecule has 1 amide bonds. The van der Waals surface area contributed by atoms with Gasteiger partial charge in [0.2, 0.25) is 5.91 Å². The third-order valence-electron chi connectivity index (χ3n) is 3.23. The van der Waals surface area contributed by atoms with E-state index in [1.54, 1.807) is 6.92 Å². The molecule has 0 aromatic heterocycles. The zero-order valence-electron chi connectivity index (χ0n) is 10.4. The van der Waals surface area contributed by atoms with E-state index in [2.05, 4.69) is 5.32 Å². The number of carbonyl (C=O) groups is 2. The van der Waals surface area contributed by atoms with E-state index >= 15 is 0 Å². The van der Waals surface area contributed by atoms with E-state index < -0.39 is 23.5 Å². The Hall–Kier alpha value is -1.18. The van der Waals surface area contributed by atoms with E-state index in [1.165, 1.54) is 0 Å². The summed E-state index contributed by atoms with van der Waals surface area (Å²) >= 11 is 0. The van der Waals surface area contributed by atoms with Gasteiger partial charge in [-0.3, -0.25) is 9.59 Å². The maximum atomic E-state index is 11.6. The zero-order chi connectivity index (χ0) is 13.8. The molecule has 1 aliphatic heterocycles. The fraction of sp³-hybridized carbons (Fsp3) is 0.818. The number of hydrogen-bond donors (Lipinski definition) is 4. The Labute approximate surface area is 105 Å². The topological polar surface area (TPSA) is 122 Å². The van der Waals surface area contributed by atoms with Crippen molar-refractivity contribution in [3.8, 4) is 0 Å². The second kappa shape index (κ2) is 6.12. The smallest absolute Gasteiger partial charge is 0.303 e. The van der Waals surface area contributed by atoms with Crippen LogP contribution in [-0.2, 0) is 14.3 Å². The van der Waals surface area contributed by atoms with Gasteiger partial charge in [0, 0.05) is 26.0 Å². The van der Waals surface area contributed by atoms with E-state index in [0.717, 1.165) is 0 Å². The van der Waals surface area contributed by atoms with Crippen LogP contribution in [-0.4, -0.2) is 53.0 Å². The first-order chi connectivity index (χ1) is 8.35. The maximum Gasteiger partial charge on any atom is 0.303 e. The molecule has 0 bridgehead atoms. The van der Waals surface area contributed by atoms with Gasteiger partial charge in [-0.25, -0.2) is 0 Å². The lowest BCUT2D eigenvalue weighted by Crippen LogP contribution is -2.51. The molecule has 1 heterocycles. The SMILES string of the molecule is CC1OCCC1(O)CNC(=O)C(N)CCC(=O)O. The molecular formula is C11H20N2O5. The van der Waals surface area contributed by atoms with Crippen molar-refractivity contribution in [3.63, 3.8) is 0 Å². The third kappa shape index (κ3) is 3.94. The van der Waals surface area contributed by atoms with Crippen molar-refractivity contribution in [2.75, 3.05) is 13.2 Å². The van der Waals surface area contributed by atoms with Crippen molar-refractivity contribution < 1.29 is 24.5 Å². The van der Waals surface area contributed by atoms with Crippen LogP contribution in [0.4, 0.5) is 0 Å². The van der Waals surface area contributed by atoms with Crippen LogP contribution in [0.1, 0.15) is 26.2 Å². The first kappa shape index (κ1) is 14.9. The standard InChI is InChI=1S/C11H20N2O5/c1-7-11(17,4-5-18-7)6-13-10(16)8(12)2-3-9(14)15/h7-8,17H,2-6,12H2,1H3,(H,13,16)(H,14,15). The van der Waals surface area contributed by atoms with Gasteiger partial charge in [0.25, 0.3) is 0 Å². The minimum atomic E-state index is -1.07. The molecule has 1 rings (SSSR count). The summed E-state index contributed by atoms with van der Waals surface area (Å²) in [5.41, 5.74) is 4.47. The minimum absolute atomic E-state index is 0.0633. The van der Waals surface area contributed by atoms with Crippen LogP contribution < -0.4 is 11.1 Å². The fourth-order valence-electron chi connectivity index (χ4n) is 1.78. The highest BCUT2D eigenvalue weighted by molar-refractivity contribution is 5.82. The lowest BCUT2D eigenvalue weighted by Gasteiger charge is -2.26. The molecular weight excluding hydrogens is 240 g/mol. The largest absolute Gasteiger partial charge is 0.481 e. The number of nitrogens with one attached hydrogen (secondary N) is 1. The molecule has 18 heavy (non-hydrogen) atoms. The van der Waals surface area contributed by atoms with Gasteiger partial charge in [-0.15, -0.1) is 0 Å². The van der Waals surface area contributed by atoms with Crippen molar-refractivity contribution >= 4 is 11.9 Å². The Balaban J connectivity index is 2.34. The number of nitrogens with two attached hydrogens (primary N) is 1. The van der Waals surface area contributed by atoms with Gasteiger partial charge in [-0.2, -0.15) is 0 Å². The first-order valence-corrected chi connectivity index (χ1v) is 5.94. The number of hydrogen-bond acceptors (Lipinski definition) is 5. The van der Waals surface area contributed by atoms with E-state index in [1.807, 2.05) is 0 Å². The van der Waals surface area contributed by atoms with Crippen molar-refractivity contribution in [2.24, 2.45) is 5.73 Å². The number of carbonyl (C=O) groups excluding carboxylic acids is 1. The molecule has 0 spiro atoms. The van der Waals surface area contributed by atoms with Crippen molar-refractivity contribution in [1.82, 2.24) is 5.32 Å². The molecule has 0 aromatic carbocycles. The number of carboxylic acid groups (broad SMARTS) is 1. The van der Waals surface area contributed by atoms with Gasteiger partial charge in [0.05, 0.1) is 12.1 Å². The Bertz CT molecular complexity index is 323. The van der Waals surface area contributed by atoms with Crippen LogP contribution >= 0.6 is 0 Å². The number of ether oxygens (including phenoxy) is 1. The Kier molecular flexibility index (Phi) is 5.06. The highest BCUT2D eigenvalue weighted by atomic mass is 16.5. The Morgan fingerprint density at radius 1 is 1.61 bits per heavy atom. The zero-order valence-corrected chi connectivity index (χ0v) is 10.4. The van der Waals surface area contributed by atoms with E-state index in [4.69, 9.17) is 15.6 Å². The van der Waals surface area contributed by atoms with Crippen LogP contribution in [0.2, 0.25) is 0 Å². The molecule has 0 aliphatic carbocycles. The van der Waals surface area contributed by atoms with Crippen LogP contribution in [0.3, 0.4) is 0 Å². The maximum absolute atomic E-state index is 11.6. The molecule has 7 heteroatoms. The molecule has 3 atom stereocenters. The minimum Gasteiger partial charge on any atom is -0.481 e. The molecule has 0 saturated carbocycles. The van der Waals surface area contributed by atoms with Crippen LogP contribution in [0, 0.1) is 0 Å². The summed E-state index contributed by atoms with van der Waals surface area (Å²) in [5.74, 6) is -1.45. The second-order valence-corrected chi connectivity index (χ2v) is 4.62. The summed E-state index contributed by atoms with van der Waals surface area (Å²) in [5, 5.41) is 21.1. The molecule has 1 fully saturated rings. The lowest BCUT2D eigenvalue weighted by molar-refractivity contribution is -0.137. The molecule has 7 nitrogen and oxygen atoms in total. The lowest BCUT2D eigenvalue weighted by atomic mass is 9.96.